The average Bonchev–Trinajstić information content (AvgIpc) is 2.55. The highest BCUT2D eigenvalue weighted by Gasteiger charge is 2.22. The molecule has 1 aliphatic carbocycles. The average molecular weight is 329 g/mol. The molecule has 1 heterocycles. The van der Waals surface area contributed by atoms with Crippen molar-refractivity contribution in [2.45, 2.75) is 50.6 Å². The van der Waals surface area contributed by atoms with Gasteiger partial charge in [-0.15, -0.1) is 0 Å². The summed E-state index contributed by atoms with van der Waals surface area (Å²) in [6.45, 7) is 4.18. The molecule has 1 aromatic heterocycles. The number of carbonyl (C=O) groups excluding carboxylic acids is 1. The molecule has 0 spiro atoms. The maximum Gasteiger partial charge on any atom is 0.230 e. The van der Waals surface area contributed by atoms with Crippen molar-refractivity contribution in [2.75, 3.05) is 5.75 Å². The van der Waals surface area contributed by atoms with Gasteiger partial charge < -0.3 is 5.32 Å². The van der Waals surface area contributed by atoms with Gasteiger partial charge in [-0.3, -0.25) is 4.79 Å². The highest BCUT2D eigenvalue weighted by atomic mass is 32.2. The number of fused-ring (bicyclic) bond motifs is 1. The number of thioether (sulfide) groups is 1. The Balaban J connectivity index is 1.61. The van der Waals surface area contributed by atoms with E-state index in [4.69, 9.17) is 0 Å². The third kappa shape index (κ3) is 4.02. The molecule has 5 heteroatoms. The molecule has 122 valence electrons. The number of nitrogens with one attached hydrogen (secondary N) is 1. The number of benzene rings is 1. The van der Waals surface area contributed by atoms with Crippen molar-refractivity contribution in [1.29, 1.82) is 0 Å². The molecule has 0 bridgehead atoms. The Hall–Kier alpha value is -1.62. The molecular formula is C18H23N3OS. The predicted octanol–water partition coefficient (Wildman–Crippen LogP) is 3.73. The first-order valence-corrected chi connectivity index (χ1v) is 9.27. The number of para-hydroxylation sites is 2. The van der Waals surface area contributed by atoms with Crippen LogP contribution in [0.15, 0.2) is 29.3 Å². The Labute approximate surface area is 141 Å². The van der Waals surface area contributed by atoms with E-state index in [1.165, 1.54) is 31.0 Å². The van der Waals surface area contributed by atoms with Crippen LogP contribution in [-0.4, -0.2) is 27.7 Å². The number of aryl methyl sites for hydroxylation is 1. The lowest BCUT2D eigenvalue weighted by atomic mass is 9.86. The lowest BCUT2D eigenvalue weighted by Gasteiger charge is -2.29. The second kappa shape index (κ2) is 7.30. The summed E-state index contributed by atoms with van der Waals surface area (Å²) >= 11 is 1.47. The van der Waals surface area contributed by atoms with Gasteiger partial charge in [-0.25, -0.2) is 9.97 Å². The standard InChI is InChI=1S/C18H23N3OS/c1-12-7-3-4-8-14(12)20-17(22)11-23-18-13(2)19-15-9-5-6-10-16(15)21-18/h5-6,9-10,12,14H,3-4,7-8,11H2,1-2H3,(H,20,22)/t12-,14-/m1/s1. The first kappa shape index (κ1) is 16.2. The lowest BCUT2D eigenvalue weighted by Crippen LogP contribution is -2.41. The summed E-state index contributed by atoms with van der Waals surface area (Å²) in [5.74, 6) is 1.08. The number of carbonyl (C=O) groups is 1. The monoisotopic (exact) mass is 329 g/mol. The minimum absolute atomic E-state index is 0.100. The summed E-state index contributed by atoms with van der Waals surface area (Å²) in [7, 11) is 0. The highest BCUT2D eigenvalue weighted by molar-refractivity contribution is 7.99. The van der Waals surface area contributed by atoms with Crippen LogP contribution < -0.4 is 5.32 Å². The van der Waals surface area contributed by atoms with E-state index < -0.39 is 0 Å². The van der Waals surface area contributed by atoms with Gasteiger partial charge in [0.15, 0.2) is 0 Å². The molecule has 1 amide bonds. The van der Waals surface area contributed by atoms with Crippen LogP contribution in [-0.2, 0) is 4.79 Å². The molecule has 3 rings (SSSR count). The fourth-order valence-electron chi connectivity index (χ4n) is 3.12. The third-order valence-electron chi connectivity index (χ3n) is 4.50. The number of amides is 1. The van der Waals surface area contributed by atoms with Gasteiger partial charge in [0.2, 0.25) is 5.91 Å². The van der Waals surface area contributed by atoms with E-state index in [1.807, 2.05) is 31.2 Å². The first-order valence-electron chi connectivity index (χ1n) is 8.29. The van der Waals surface area contributed by atoms with Crippen molar-refractivity contribution in [3.8, 4) is 0 Å². The van der Waals surface area contributed by atoms with Gasteiger partial charge in [-0.1, -0.05) is 43.7 Å². The van der Waals surface area contributed by atoms with Crippen molar-refractivity contribution in [3.63, 3.8) is 0 Å². The molecule has 1 aromatic carbocycles. The van der Waals surface area contributed by atoms with Crippen molar-refractivity contribution in [2.24, 2.45) is 5.92 Å². The molecule has 4 nitrogen and oxygen atoms in total. The van der Waals surface area contributed by atoms with Crippen LogP contribution in [0.2, 0.25) is 0 Å². The molecule has 1 aliphatic rings. The van der Waals surface area contributed by atoms with E-state index in [9.17, 15) is 4.79 Å². The molecule has 1 saturated carbocycles. The first-order chi connectivity index (χ1) is 11.1. The summed E-state index contributed by atoms with van der Waals surface area (Å²) in [5, 5.41) is 4.03. The zero-order chi connectivity index (χ0) is 16.2. The van der Waals surface area contributed by atoms with Gasteiger partial charge in [0.05, 0.1) is 22.5 Å². The van der Waals surface area contributed by atoms with Gasteiger partial charge in [-0.05, 0) is 37.8 Å². The number of aromatic nitrogens is 2. The zero-order valence-electron chi connectivity index (χ0n) is 13.7. The van der Waals surface area contributed by atoms with Crippen molar-refractivity contribution in [1.82, 2.24) is 15.3 Å². The largest absolute Gasteiger partial charge is 0.352 e. The smallest absolute Gasteiger partial charge is 0.230 e. The second-order valence-electron chi connectivity index (χ2n) is 6.33. The Morgan fingerprint density at radius 2 is 1.91 bits per heavy atom. The van der Waals surface area contributed by atoms with Gasteiger partial charge in [0.1, 0.15) is 5.03 Å². The molecule has 2 atom stereocenters. The van der Waals surface area contributed by atoms with Crippen LogP contribution in [0.3, 0.4) is 0 Å². The summed E-state index contributed by atoms with van der Waals surface area (Å²) in [6, 6.07) is 8.16. The summed E-state index contributed by atoms with van der Waals surface area (Å²) < 4.78 is 0. The zero-order valence-corrected chi connectivity index (χ0v) is 14.5. The third-order valence-corrected chi connectivity index (χ3v) is 5.57. The number of hydrogen-bond donors (Lipinski definition) is 1. The maximum atomic E-state index is 12.2. The van der Waals surface area contributed by atoms with Crippen LogP contribution in [0.5, 0.6) is 0 Å². The minimum atomic E-state index is 0.100. The quantitative estimate of drug-likeness (QED) is 0.869. The van der Waals surface area contributed by atoms with Crippen LogP contribution in [0, 0.1) is 12.8 Å². The fourth-order valence-corrected chi connectivity index (χ4v) is 3.89. The van der Waals surface area contributed by atoms with Gasteiger partial charge >= 0.3 is 0 Å². The molecule has 0 radical (unpaired) electrons. The second-order valence-corrected chi connectivity index (χ2v) is 7.29. The Morgan fingerprint density at radius 1 is 1.22 bits per heavy atom. The Morgan fingerprint density at radius 3 is 2.65 bits per heavy atom. The maximum absolute atomic E-state index is 12.2. The molecule has 0 aliphatic heterocycles. The van der Waals surface area contributed by atoms with Crippen LogP contribution in [0.1, 0.15) is 38.3 Å². The number of hydrogen-bond acceptors (Lipinski definition) is 4. The van der Waals surface area contributed by atoms with E-state index in [2.05, 4.69) is 22.2 Å². The van der Waals surface area contributed by atoms with Crippen LogP contribution in [0.4, 0.5) is 0 Å². The van der Waals surface area contributed by atoms with Gasteiger partial charge in [-0.2, -0.15) is 0 Å². The Bertz CT molecular complexity index is 704. The fraction of sp³-hybridized carbons (Fsp3) is 0.500. The molecule has 1 N–H and O–H groups in total. The van der Waals surface area contributed by atoms with Crippen molar-refractivity contribution < 1.29 is 4.79 Å². The van der Waals surface area contributed by atoms with Crippen LogP contribution >= 0.6 is 11.8 Å². The van der Waals surface area contributed by atoms with Crippen molar-refractivity contribution in [3.05, 3.63) is 30.0 Å². The summed E-state index contributed by atoms with van der Waals surface area (Å²) in [5.41, 5.74) is 2.66. The normalized spacial score (nSPS) is 21.3. The van der Waals surface area contributed by atoms with E-state index in [0.717, 1.165) is 28.2 Å². The van der Waals surface area contributed by atoms with Crippen molar-refractivity contribution >= 4 is 28.7 Å². The van der Waals surface area contributed by atoms with E-state index in [-0.39, 0.29) is 5.91 Å². The SMILES string of the molecule is Cc1nc2ccccc2nc1SCC(=O)N[C@@H]1CCCC[C@H]1C. The van der Waals surface area contributed by atoms with E-state index in [0.29, 0.717) is 17.7 Å². The summed E-state index contributed by atoms with van der Waals surface area (Å²) in [6.07, 6.45) is 4.82. The molecule has 23 heavy (non-hydrogen) atoms. The minimum Gasteiger partial charge on any atom is -0.352 e. The van der Waals surface area contributed by atoms with Crippen LogP contribution in [0.25, 0.3) is 11.0 Å². The topological polar surface area (TPSA) is 54.9 Å². The number of rotatable bonds is 4. The van der Waals surface area contributed by atoms with E-state index in [1.54, 1.807) is 0 Å². The molecule has 0 saturated heterocycles. The van der Waals surface area contributed by atoms with Gasteiger partial charge in [0.25, 0.3) is 0 Å². The molecule has 2 aromatic rings. The molecule has 0 unspecified atom stereocenters. The predicted molar refractivity (Wildman–Crippen MR) is 94.6 cm³/mol. The van der Waals surface area contributed by atoms with E-state index >= 15 is 0 Å². The van der Waals surface area contributed by atoms with Gasteiger partial charge in [0, 0.05) is 6.04 Å². The highest BCUT2D eigenvalue weighted by Crippen LogP contribution is 2.25. The molecule has 1 fully saturated rings. The lowest BCUT2D eigenvalue weighted by molar-refractivity contribution is -0.119. The molecular weight excluding hydrogens is 306 g/mol. The summed E-state index contributed by atoms with van der Waals surface area (Å²) in [4.78, 5) is 21.4. The Kier molecular flexibility index (Phi) is 5.16. The number of nitrogens with zero attached hydrogens (tertiary/aromatic N) is 2.